The maximum Gasteiger partial charge on any atom is 0.317 e. The molecule has 0 saturated carbocycles. The Labute approximate surface area is 152 Å². The number of rotatable bonds is 3. The van der Waals surface area contributed by atoms with E-state index in [-0.39, 0.29) is 11.5 Å². The van der Waals surface area contributed by atoms with Gasteiger partial charge in [-0.05, 0) is 23.8 Å². The normalized spacial score (nSPS) is 18.6. The second-order valence-corrected chi connectivity index (χ2v) is 5.89. The summed E-state index contributed by atoms with van der Waals surface area (Å²) in [6.07, 6.45) is 4.40. The van der Waals surface area contributed by atoms with E-state index in [1.807, 2.05) is 0 Å². The fourth-order valence-electron chi connectivity index (χ4n) is 3.19. The van der Waals surface area contributed by atoms with Crippen molar-refractivity contribution < 1.29 is 18.3 Å². The number of carbonyl (C=O) groups is 1. The molecule has 2 aromatic heterocycles. The molecule has 0 bridgehead atoms. The van der Waals surface area contributed by atoms with Gasteiger partial charge in [-0.1, -0.05) is 6.07 Å². The van der Waals surface area contributed by atoms with Crippen molar-refractivity contribution in [2.45, 2.75) is 6.04 Å². The summed E-state index contributed by atoms with van der Waals surface area (Å²) in [5.74, 6) is -2.92. The van der Waals surface area contributed by atoms with Crippen LogP contribution in [-0.4, -0.2) is 38.5 Å². The average Bonchev–Trinajstić information content (AvgIpc) is 3.14. The van der Waals surface area contributed by atoms with Gasteiger partial charge in [0, 0.05) is 24.0 Å². The lowest BCUT2D eigenvalue weighted by molar-refractivity contribution is -0.144. The molecule has 27 heavy (non-hydrogen) atoms. The Morgan fingerprint density at radius 1 is 1.22 bits per heavy atom. The molecular formula is C18H13F2N5O2. The number of esters is 1. The van der Waals surface area contributed by atoms with E-state index in [4.69, 9.17) is 4.74 Å². The molecule has 0 radical (unpaired) electrons. The summed E-state index contributed by atoms with van der Waals surface area (Å²) in [6, 6.07) is 5.62. The number of methoxy groups -OCH3 is 1. The van der Waals surface area contributed by atoms with Crippen LogP contribution in [0.3, 0.4) is 0 Å². The summed E-state index contributed by atoms with van der Waals surface area (Å²) < 4.78 is 34.1. The van der Waals surface area contributed by atoms with Crippen LogP contribution in [0.1, 0.15) is 17.2 Å². The monoisotopic (exact) mass is 369 g/mol. The van der Waals surface area contributed by atoms with Crippen molar-refractivity contribution in [1.82, 2.24) is 19.7 Å². The minimum Gasteiger partial charge on any atom is -0.468 e. The van der Waals surface area contributed by atoms with Crippen molar-refractivity contribution in [3.05, 3.63) is 71.8 Å². The first-order valence-electron chi connectivity index (χ1n) is 8.01. The Morgan fingerprint density at radius 2 is 2.00 bits per heavy atom. The van der Waals surface area contributed by atoms with Crippen molar-refractivity contribution in [3.8, 4) is 0 Å². The Balaban J connectivity index is 1.96. The lowest BCUT2D eigenvalue weighted by Gasteiger charge is -2.30. The molecule has 1 aliphatic heterocycles. The van der Waals surface area contributed by atoms with Crippen molar-refractivity contribution in [2.75, 3.05) is 7.11 Å². The van der Waals surface area contributed by atoms with E-state index in [0.29, 0.717) is 11.3 Å². The minimum absolute atomic E-state index is 0.212. The van der Waals surface area contributed by atoms with Gasteiger partial charge in [0.05, 0.1) is 18.9 Å². The molecule has 7 nitrogen and oxygen atoms in total. The lowest BCUT2D eigenvalue weighted by atomic mass is 9.85. The van der Waals surface area contributed by atoms with Crippen LogP contribution >= 0.6 is 0 Å². The molecule has 0 amide bonds. The zero-order chi connectivity index (χ0) is 19.0. The third-order valence-corrected chi connectivity index (χ3v) is 4.29. The number of carbonyl (C=O) groups excluding carboxylic acids is 1. The van der Waals surface area contributed by atoms with E-state index in [0.717, 1.165) is 18.2 Å². The topological polar surface area (TPSA) is 82.3 Å². The molecule has 3 heterocycles. The Kier molecular flexibility index (Phi) is 4.19. The molecule has 0 fully saturated rings. The fourth-order valence-corrected chi connectivity index (χ4v) is 3.19. The number of fused-ring (bicyclic) bond motifs is 1. The van der Waals surface area contributed by atoms with Crippen LogP contribution in [-0.2, 0) is 9.53 Å². The van der Waals surface area contributed by atoms with Gasteiger partial charge in [0.2, 0.25) is 5.95 Å². The summed E-state index contributed by atoms with van der Waals surface area (Å²) in [5, 5.41) is 4.10. The maximum atomic E-state index is 13.9. The summed E-state index contributed by atoms with van der Waals surface area (Å²) >= 11 is 0. The van der Waals surface area contributed by atoms with Gasteiger partial charge in [-0.25, -0.2) is 18.5 Å². The second kappa shape index (κ2) is 6.67. The first-order valence-corrected chi connectivity index (χ1v) is 8.01. The van der Waals surface area contributed by atoms with Crippen LogP contribution in [0.4, 0.5) is 14.7 Å². The number of aliphatic imine (C=N–C) groups is 1. The van der Waals surface area contributed by atoms with E-state index < -0.39 is 29.6 Å². The Morgan fingerprint density at radius 3 is 2.67 bits per heavy atom. The number of aromatic nitrogens is 4. The number of pyridine rings is 1. The van der Waals surface area contributed by atoms with E-state index in [1.165, 1.54) is 18.1 Å². The Bertz CT molecular complexity index is 1010. The first kappa shape index (κ1) is 17.0. The van der Waals surface area contributed by atoms with Crippen molar-refractivity contribution >= 4 is 17.6 Å². The molecule has 0 N–H and O–H groups in total. The Hall–Kier alpha value is -3.49. The van der Waals surface area contributed by atoms with Crippen molar-refractivity contribution in [1.29, 1.82) is 0 Å². The van der Waals surface area contributed by atoms with Crippen molar-refractivity contribution in [3.63, 3.8) is 0 Å². The first-order chi connectivity index (χ1) is 13.1. The highest BCUT2D eigenvalue weighted by Gasteiger charge is 2.42. The molecule has 1 aliphatic rings. The molecule has 1 aromatic carbocycles. The van der Waals surface area contributed by atoms with Crippen LogP contribution in [0.2, 0.25) is 0 Å². The molecule has 9 heteroatoms. The number of halogens is 2. The largest absolute Gasteiger partial charge is 0.468 e. The maximum absolute atomic E-state index is 13.9. The highest BCUT2D eigenvalue weighted by molar-refractivity contribution is 6.13. The van der Waals surface area contributed by atoms with Gasteiger partial charge in [-0.3, -0.25) is 9.78 Å². The number of ether oxygens (including phenoxy) is 1. The fraction of sp³-hybridized carbons (Fsp3) is 0.167. The van der Waals surface area contributed by atoms with Gasteiger partial charge >= 0.3 is 5.97 Å². The predicted octanol–water partition coefficient (Wildman–Crippen LogP) is 2.46. The van der Waals surface area contributed by atoms with Gasteiger partial charge in [-0.15, -0.1) is 0 Å². The summed E-state index contributed by atoms with van der Waals surface area (Å²) in [5.41, 5.74) is 1.13. The zero-order valence-corrected chi connectivity index (χ0v) is 14.1. The average molecular weight is 369 g/mol. The van der Waals surface area contributed by atoms with Gasteiger partial charge in [0.25, 0.3) is 0 Å². The lowest BCUT2D eigenvalue weighted by Crippen LogP contribution is -2.38. The smallest absolute Gasteiger partial charge is 0.317 e. The molecule has 2 atom stereocenters. The third kappa shape index (κ3) is 2.97. The molecule has 136 valence electrons. The highest BCUT2D eigenvalue weighted by atomic mass is 19.1. The predicted molar refractivity (Wildman–Crippen MR) is 90.5 cm³/mol. The van der Waals surface area contributed by atoms with Crippen LogP contribution < -0.4 is 0 Å². The van der Waals surface area contributed by atoms with Crippen LogP contribution in [0, 0.1) is 17.6 Å². The van der Waals surface area contributed by atoms with Gasteiger partial charge in [0.1, 0.15) is 23.9 Å². The molecule has 4 rings (SSSR count). The summed E-state index contributed by atoms with van der Waals surface area (Å²) in [4.78, 5) is 25.2. The summed E-state index contributed by atoms with van der Waals surface area (Å²) in [6.45, 7) is 0. The molecule has 1 unspecified atom stereocenters. The molecule has 0 spiro atoms. The van der Waals surface area contributed by atoms with E-state index in [2.05, 4.69) is 20.1 Å². The molecule has 0 aliphatic carbocycles. The number of nitrogens with zero attached hydrogens (tertiary/aromatic N) is 5. The van der Waals surface area contributed by atoms with E-state index >= 15 is 0 Å². The van der Waals surface area contributed by atoms with E-state index in [9.17, 15) is 13.6 Å². The number of hydrogen-bond acceptors (Lipinski definition) is 6. The van der Waals surface area contributed by atoms with Crippen molar-refractivity contribution in [2.24, 2.45) is 10.9 Å². The SMILES string of the molecule is COC(=O)C1C(c2cccnc2)=Nc2ncnn2[C@@H]1c1cc(F)cc(F)c1. The standard InChI is InChI=1S/C18H13F2N5O2/c1-27-17(26)14-15(10-3-2-4-21-8-10)24-18-22-9-23-25(18)16(14)11-5-12(19)7-13(20)6-11/h2-9,14,16H,1H3/t14?,16-/m1/s1. The zero-order valence-electron chi connectivity index (χ0n) is 14.1. The van der Waals surface area contributed by atoms with Crippen LogP contribution in [0.15, 0.2) is 54.0 Å². The highest BCUT2D eigenvalue weighted by Crippen LogP contribution is 2.37. The summed E-state index contributed by atoms with van der Waals surface area (Å²) in [7, 11) is 1.24. The number of benzene rings is 1. The van der Waals surface area contributed by atoms with Crippen LogP contribution in [0.5, 0.6) is 0 Å². The van der Waals surface area contributed by atoms with Gasteiger partial charge in [0.15, 0.2) is 0 Å². The molecule has 0 saturated heterocycles. The van der Waals surface area contributed by atoms with Gasteiger partial charge < -0.3 is 4.74 Å². The minimum atomic E-state index is -0.991. The number of hydrogen-bond donors (Lipinski definition) is 0. The quantitative estimate of drug-likeness (QED) is 0.663. The molecular weight excluding hydrogens is 356 g/mol. The second-order valence-electron chi connectivity index (χ2n) is 5.89. The van der Waals surface area contributed by atoms with Gasteiger partial charge in [-0.2, -0.15) is 10.1 Å². The van der Waals surface area contributed by atoms with E-state index in [1.54, 1.807) is 24.5 Å². The third-order valence-electron chi connectivity index (χ3n) is 4.29. The molecule has 3 aromatic rings. The van der Waals surface area contributed by atoms with Crippen LogP contribution in [0.25, 0.3) is 0 Å².